The van der Waals surface area contributed by atoms with Gasteiger partial charge in [0.05, 0.1) is 25.0 Å². The Kier molecular flexibility index (Phi) is 5.37. The van der Waals surface area contributed by atoms with Crippen molar-refractivity contribution in [1.29, 1.82) is 0 Å². The van der Waals surface area contributed by atoms with Crippen molar-refractivity contribution in [2.45, 2.75) is 32.9 Å². The quantitative estimate of drug-likeness (QED) is 0.820. The van der Waals surface area contributed by atoms with Crippen molar-refractivity contribution in [3.8, 4) is 0 Å². The first-order chi connectivity index (χ1) is 10.2. The number of likely N-dealkylation sites (N-methyl/N-ethyl adjacent to an activating group) is 1. The van der Waals surface area contributed by atoms with Crippen LogP contribution >= 0.6 is 0 Å². The van der Waals surface area contributed by atoms with Gasteiger partial charge in [-0.2, -0.15) is 0 Å². The number of carbonyl (C=O) groups is 1. The molecule has 5 nitrogen and oxygen atoms in total. The van der Waals surface area contributed by atoms with Crippen molar-refractivity contribution in [2.75, 3.05) is 12.4 Å². The minimum Gasteiger partial charge on any atom is -0.379 e. The fourth-order valence-electron chi connectivity index (χ4n) is 2.14. The minimum absolute atomic E-state index is 0.0270. The Morgan fingerprint density at radius 1 is 1.29 bits per heavy atom. The molecule has 0 aliphatic carbocycles. The van der Waals surface area contributed by atoms with Crippen molar-refractivity contribution in [2.24, 2.45) is 0 Å². The molecule has 0 aliphatic heterocycles. The van der Waals surface area contributed by atoms with E-state index in [4.69, 9.17) is 0 Å². The van der Waals surface area contributed by atoms with Crippen LogP contribution in [-0.4, -0.2) is 22.5 Å². The second-order valence-corrected chi connectivity index (χ2v) is 4.98. The third-order valence-corrected chi connectivity index (χ3v) is 3.33. The van der Waals surface area contributed by atoms with E-state index in [-0.39, 0.29) is 5.91 Å². The fraction of sp³-hybridized carbons (Fsp3) is 0.375. The third kappa shape index (κ3) is 4.34. The Morgan fingerprint density at radius 2 is 2.05 bits per heavy atom. The minimum atomic E-state index is 0.0270. The van der Waals surface area contributed by atoms with Gasteiger partial charge in [-0.25, -0.2) is 4.98 Å². The van der Waals surface area contributed by atoms with Gasteiger partial charge in [0, 0.05) is 25.5 Å². The van der Waals surface area contributed by atoms with Crippen LogP contribution in [-0.2, 0) is 24.3 Å². The first-order valence-electron chi connectivity index (χ1n) is 7.25. The predicted octanol–water partition coefficient (Wildman–Crippen LogP) is 2.19. The predicted molar refractivity (Wildman–Crippen MR) is 84.1 cm³/mol. The number of hydrogen-bond donors (Lipinski definition) is 2. The summed E-state index contributed by atoms with van der Waals surface area (Å²) in [4.78, 5) is 15.5. The summed E-state index contributed by atoms with van der Waals surface area (Å²) in [7, 11) is 1.65. The summed E-state index contributed by atoms with van der Waals surface area (Å²) in [6.45, 7) is 3.89. The van der Waals surface area contributed by atoms with Gasteiger partial charge in [-0.3, -0.25) is 4.79 Å². The number of amides is 1. The number of benzene rings is 1. The molecule has 0 fully saturated rings. The summed E-state index contributed by atoms with van der Waals surface area (Å²) in [5.74, 6) is 0.0270. The molecule has 1 aromatic carbocycles. The number of imidazole rings is 1. The Bertz CT molecular complexity index is 574. The monoisotopic (exact) mass is 286 g/mol. The molecule has 1 amide bonds. The molecule has 1 heterocycles. The lowest BCUT2D eigenvalue weighted by Crippen LogP contribution is -2.19. The van der Waals surface area contributed by atoms with Gasteiger partial charge in [0.15, 0.2) is 0 Å². The number of nitrogens with one attached hydrogen (secondary N) is 2. The lowest BCUT2D eigenvalue weighted by molar-refractivity contribution is -0.119. The van der Waals surface area contributed by atoms with Crippen LogP contribution in [0.4, 0.5) is 5.69 Å². The van der Waals surface area contributed by atoms with E-state index >= 15 is 0 Å². The van der Waals surface area contributed by atoms with Gasteiger partial charge in [0.25, 0.3) is 0 Å². The van der Waals surface area contributed by atoms with Gasteiger partial charge in [-0.05, 0) is 24.1 Å². The number of aromatic nitrogens is 2. The van der Waals surface area contributed by atoms with E-state index in [9.17, 15) is 4.79 Å². The highest BCUT2D eigenvalue weighted by atomic mass is 16.1. The molecule has 2 aromatic rings. The second kappa shape index (κ2) is 7.47. The van der Waals surface area contributed by atoms with E-state index in [0.29, 0.717) is 6.42 Å². The Hall–Kier alpha value is -2.30. The van der Waals surface area contributed by atoms with Crippen LogP contribution in [0.3, 0.4) is 0 Å². The molecule has 5 heteroatoms. The average molecular weight is 286 g/mol. The van der Waals surface area contributed by atoms with Crippen LogP contribution in [0.15, 0.2) is 36.8 Å². The summed E-state index contributed by atoms with van der Waals surface area (Å²) < 4.78 is 2.16. The molecule has 0 spiro atoms. The maximum atomic E-state index is 11.3. The van der Waals surface area contributed by atoms with Crippen molar-refractivity contribution >= 4 is 11.6 Å². The summed E-state index contributed by atoms with van der Waals surface area (Å²) >= 11 is 0. The van der Waals surface area contributed by atoms with E-state index in [0.717, 1.165) is 30.8 Å². The fourth-order valence-corrected chi connectivity index (χ4v) is 2.14. The first-order valence-corrected chi connectivity index (χ1v) is 7.25. The van der Waals surface area contributed by atoms with E-state index in [2.05, 4.69) is 27.1 Å². The number of aryl methyl sites for hydroxylation is 1. The average Bonchev–Trinajstić information content (AvgIpc) is 2.94. The molecule has 21 heavy (non-hydrogen) atoms. The number of anilines is 1. The van der Waals surface area contributed by atoms with Gasteiger partial charge in [0.2, 0.25) is 5.91 Å². The van der Waals surface area contributed by atoms with Crippen molar-refractivity contribution in [3.63, 3.8) is 0 Å². The van der Waals surface area contributed by atoms with Crippen molar-refractivity contribution < 1.29 is 4.79 Å². The Morgan fingerprint density at radius 3 is 2.71 bits per heavy atom. The zero-order valence-corrected chi connectivity index (χ0v) is 12.6. The topological polar surface area (TPSA) is 59.0 Å². The van der Waals surface area contributed by atoms with Crippen LogP contribution in [0.5, 0.6) is 0 Å². The summed E-state index contributed by atoms with van der Waals surface area (Å²) in [6, 6.07) is 7.94. The molecule has 0 unspecified atom stereocenters. The first kappa shape index (κ1) is 15.1. The molecule has 0 saturated heterocycles. The van der Waals surface area contributed by atoms with Gasteiger partial charge in [0.1, 0.15) is 0 Å². The van der Waals surface area contributed by atoms with E-state index in [1.54, 1.807) is 7.05 Å². The third-order valence-electron chi connectivity index (χ3n) is 3.33. The van der Waals surface area contributed by atoms with Crippen molar-refractivity contribution in [3.05, 3.63) is 48.0 Å². The largest absolute Gasteiger partial charge is 0.379 e. The molecule has 0 saturated carbocycles. The summed E-state index contributed by atoms with van der Waals surface area (Å²) in [5.41, 5.74) is 3.22. The number of carbonyl (C=O) groups excluding carboxylic acids is 1. The van der Waals surface area contributed by atoms with E-state index in [1.165, 1.54) is 5.69 Å². The van der Waals surface area contributed by atoms with Crippen LogP contribution in [0.1, 0.15) is 24.6 Å². The standard InChI is InChI=1S/C16H22N4O/c1-3-8-20-12-18-10-15(20)11-19-14-6-4-13(5-7-14)9-16(21)17-2/h4-7,10,12,19H,3,8-9,11H2,1-2H3,(H,17,21). The molecule has 0 aliphatic rings. The normalized spacial score (nSPS) is 10.4. The van der Waals surface area contributed by atoms with E-state index < -0.39 is 0 Å². The molecule has 112 valence electrons. The summed E-state index contributed by atoms with van der Waals surface area (Å²) in [6.07, 6.45) is 5.27. The molecule has 2 N–H and O–H groups in total. The zero-order chi connectivity index (χ0) is 15.1. The smallest absolute Gasteiger partial charge is 0.224 e. The second-order valence-electron chi connectivity index (χ2n) is 4.98. The number of hydrogen-bond acceptors (Lipinski definition) is 3. The highest BCUT2D eigenvalue weighted by Gasteiger charge is 2.03. The molecule has 1 aromatic heterocycles. The van der Waals surface area contributed by atoms with Crippen LogP contribution in [0.25, 0.3) is 0 Å². The van der Waals surface area contributed by atoms with Crippen LogP contribution in [0, 0.1) is 0 Å². The molecule has 0 atom stereocenters. The summed E-state index contributed by atoms with van der Waals surface area (Å²) in [5, 5.41) is 6.00. The molecule has 2 rings (SSSR count). The molecule has 0 radical (unpaired) electrons. The maximum absolute atomic E-state index is 11.3. The highest BCUT2D eigenvalue weighted by molar-refractivity contribution is 5.78. The Labute approximate surface area is 125 Å². The zero-order valence-electron chi connectivity index (χ0n) is 12.6. The number of rotatable bonds is 7. The maximum Gasteiger partial charge on any atom is 0.224 e. The van der Waals surface area contributed by atoms with Gasteiger partial charge in [-0.15, -0.1) is 0 Å². The molecular formula is C16H22N4O. The lowest BCUT2D eigenvalue weighted by Gasteiger charge is -2.10. The van der Waals surface area contributed by atoms with Gasteiger partial charge in [-0.1, -0.05) is 19.1 Å². The highest BCUT2D eigenvalue weighted by Crippen LogP contribution is 2.12. The lowest BCUT2D eigenvalue weighted by atomic mass is 10.1. The van der Waals surface area contributed by atoms with Crippen LogP contribution < -0.4 is 10.6 Å². The SMILES string of the molecule is CCCn1cncc1CNc1ccc(CC(=O)NC)cc1. The van der Waals surface area contributed by atoms with Gasteiger partial charge >= 0.3 is 0 Å². The van der Waals surface area contributed by atoms with E-state index in [1.807, 2.05) is 36.8 Å². The molecular weight excluding hydrogens is 264 g/mol. The molecule has 0 bridgehead atoms. The van der Waals surface area contributed by atoms with Gasteiger partial charge < -0.3 is 15.2 Å². The number of nitrogens with zero attached hydrogens (tertiary/aromatic N) is 2. The van der Waals surface area contributed by atoms with Crippen LogP contribution in [0.2, 0.25) is 0 Å². The van der Waals surface area contributed by atoms with Crippen molar-refractivity contribution in [1.82, 2.24) is 14.9 Å². The Balaban J connectivity index is 1.91.